The normalized spacial score (nSPS) is 27.5. The van der Waals surface area contributed by atoms with Crippen molar-refractivity contribution in [1.82, 2.24) is 9.97 Å². The summed E-state index contributed by atoms with van der Waals surface area (Å²) in [5, 5.41) is 0. The van der Waals surface area contributed by atoms with E-state index in [9.17, 15) is 0 Å². The molecule has 6 heteroatoms. The van der Waals surface area contributed by atoms with E-state index >= 15 is 0 Å². The van der Waals surface area contributed by atoms with Crippen molar-refractivity contribution in [2.45, 2.75) is 18.6 Å². The van der Waals surface area contributed by atoms with Gasteiger partial charge < -0.3 is 14.4 Å². The maximum atomic E-state index is 5.60. The van der Waals surface area contributed by atoms with Crippen molar-refractivity contribution in [3.8, 4) is 6.01 Å². The highest BCUT2D eigenvalue weighted by atomic mass is 127. The van der Waals surface area contributed by atoms with Crippen molar-refractivity contribution in [1.29, 1.82) is 0 Å². The molecule has 4 heterocycles. The number of hydrogen-bond acceptors (Lipinski definition) is 5. The summed E-state index contributed by atoms with van der Waals surface area (Å²) < 4.78 is 11.6. The average Bonchev–Trinajstić information content (AvgIpc) is 2.27. The summed E-state index contributed by atoms with van der Waals surface area (Å²) in [7, 11) is 1.59. The molecule has 0 amide bonds. The van der Waals surface area contributed by atoms with Gasteiger partial charge in [-0.2, -0.15) is 9.97 Å². The Labute approximate surface area is 107 Å². The highest BCUT2D eigenvalue weighted by molar-refractivity contribution is 14.1. The molecule has 4 rings (SSSR count). The Morgan fingerprint density at radius 3 is 2.75 bits per heavy atom. The molecule has 3 aliphatic heterocycles. The molecule has 0 aromatic carbocycles. The Hall–Kier alpha value is -0.630. The molecule has 0 N–H and O–H groups in total. The van der Waals surface area contributed by atoms with Crippen molar-refractivity contribution in [2.24, 2.45) is 0 Å². The smallest absolute Gasteiger partial charge is 0.319 e. The minimum absolute atomic E-state index is 0.386. The molecule has 86 valence electrons. The van der Waals surface area contributed by atoms with Gasteiger partial charge in [0.15, 0.2) is 0 Å². The van der Waals surface area contributed by atoms with Gasteiger partial charge in [0.25, 0.3) is 0 Å². The molecular formula is C10H12IN3O2. The van der Waals surface area contributed by atoms with Crippen LogP contribution in [0.25, 0.3) is 0 Å². The molecule has 2 unspecified atom stereocenters. The van der Waals surface area contributed by atoms with Crippen LogP contribution in [0.1, 0.15) is 6.42 Å². The second-order valence-corrected chi connectivity index (χ2v) is 5.16. The molecule has 3 aliphatic rings. The Kier molecular flexibility index (Phi) is 2.62. The van der Waals surface area contributed by atoms with Crippen LogP contribution in [0.5, 0.6) is 6.01 Å². The Morgan fingerprint density at radius 2 is 2.12 bits per heavy atom. The first-order valence-corrected chi connectivity index (χ1v) is 6.31. The monoisotopic (exact) mass is 333 g/mol. The predicted molar refractivity (Wildman–Crippen MR) is 66.8 cm³/mol. The zero-order valence-corrected chi connectivity index (χ0v) is 11.0. The molecule has 5 nitrogen and oxygen atoms in total. The Morgan fingerprint density at radius 1 is 1.44 bits per heavy atom. The van der Waals surface area contributed by atoms with E-state index in [1.54, 1.807) is 7.11 Å². The molecule has 1 aromatic heterocycles. The first-order valence-electron chi connectivity index (χ1n) is 5.23. The lowest BCUT2D eigenvalue weighted by Crippen LogP contribution is -2.57. The number of ether oxygens (including phenoxy) is 2. The van der Waals surface area contributed by atoms with E-state index < -0.39 is 0 Å². The predicted octanol–water partition coefficient (Wildman–Crippen LogP) is 1.07. The summed E-state index contributed by atoms with van der Waals surface area (Å²) in [4.78, 5) is 10.8. The van der Waals surface area contributed by atoms with Gasteiger partial charge in [0, 0.05) is 25.6 Å². The lowest BCUT2D eigenvalue weighted by atomic mass is 9.99. The van der Waals surface area contributed by atoms with Crippen LogP contribution in [0.15, 0.2) is 6.07 Å². The van der Waals surface area contributed by atoms with E-state index in [0.717, 1.165) is 22.6 Å². The number of anilines is 1. The maximum Gasteiger partial charge on any atom is 0.319 e. The van der Waals surface area contributed by atoms with Gasteiger partial charge in [0.05, 0.1) is 19.3 Å². The molecule has 3 saturated heterocycles. The molecule has 2 bridgehead atoms. The summed E-state index contributed by atoms with van der Waals surface area (Å²) in [6.45, 7) is 1.85. The van der Waals surface area contributed by atoms with Crippen LogP contribution in [-0.4, -0.2) is 42.4 Å². The third kappa shape index (κ3) is 1.84. The van der Waals surface area contributed by atoms with E-state index in [1.165, 1.54) is 6.42 Å². The fourth-order valence-corrected chi connectivity index (χ4v) is 2.67. The number of methoxy groups -OCH3 is 1. The van der Waals surface area contributed by atoms with Crippen LogP contribution in [0.4, 0.5) is 5.82 Å². The van der Waals surface area contributed by atoms with E-state index in [0.29, 0.717) is 18.2 Å². The molecule has 0 spiro atoms. The van der Waals surface area contributed by atoms with E-state index in [2.05, 4.69) is 37.5 Å². The fourth-order valence-electron chi connectivity index (χ4n) is 2.18. The fraction of sp³-hybridized carbons (Fsp3) is 0.600. The van der Waals surface area contributed by atoms with Crippen molar-refractivity contribution < 1.29 is 9.47 Å². The Bertz CT molecular complexity index is 399. The largest absolute Gasteiger partial charge is 0.467 e. The topological polar surface area (TPSA) is 47.5 Å². The number of rotatable bonds is 2. The number of nitrogens with zero attached hydrogens (tertiary/aromatic N) is 3. The van der Waals surface area contributed by atoms with Gasteiger partial charge in [-0.15, -0.1) is 0 Å². The SMILES string of the molecule is COc1nc(I)cc(N2CC3CC(C2)O3)n1. The first-order chi connectivity index (χ1) is 7.74. The van der Waals surface area contributed by atoms with Crippen LogP contribution in [0.2, 0.25) is 0 Å². The summed E-state index contributed by atoms with van der Waals surface area (Å²) in [5.41, 5.74) is 0. The zero-order chi connectivity index (χ0) is 11.1. The van der Waals surface area contributed by atoms with Gasteiger partial charge in [0.2, 0.25) is 0 Å². The number of aromatic nitrogens is 2. The number of fused-ring (bicyclic) bond motifs is 2. The summed E-state index contributed by atoms with van der Waals surface area (Å²) >= 11 is 2.18. The van der Waals surface area contributed by atoms with Crippen LogP contribution in [-0.2, 0) is 4.74 Å². The van der Waals surface area contributed by atoms with Gasteiger partial charge in [-0.05, 0) is 22.6 Å². The lowest BCUT2D eigenvalue weighted by molar-refractivity contribution is -0.133. The van der Waals surface area contributed by atoms with Gasteiger partial charge in [-0.3, -0.25) is 0 Å². The van der Waals surface area contributed by atoms with E-state index in [1.807, 2.05) is 6.07 Å². The third-order valence-electron chi connectivity index (χ3n) is 2.93. The second kappa shape index (κ2) is 3.99. The maximum absolute atomic E-state index is 5.60. The molecule has 1 aromatic rings. The molecule has 16 heavy (non-hydrogen) atoms. The van der Waals surface area contributed by atoms with Gasteiger partial charge in [0.1, 0.15) is 9.52 Å². The quantitative estimate of drug-likeness (QED) is 0.599. The highest BCUT2D eigenvalue weighted by Gasteiger charge is 2.38. The third-order valence-corrected chi connectivity index (χ3v) is 3.48. The number of hydrogen-bond donors (Lipinski definition) is 0. The highest BCUT2D eigenvalue weighted by Crippen LogP contribution is 2.31. The first kappa shape index (κ1) is 10.5. The van der Waals surface area contributed by atoms with Gasteiger partial charge in [-0.25, -0.2) is 0 Å². The molecule has 3 fully saturated rings. The standard InChI is InChI=1S/C10H12IN3O2/c1-15-10-12-8(11)3-9(13-10)14-4-6-2-7(5-14)16-6/h3,6-7H,2,4-5H2,1H3. The number of morpholine rings is 1. The van der Waals surface area contributed by atoms with Gasteiger partial charge >= 0.3 is 6.01 Å². The number of piperidine rings is 1. The number of halogens is 1. The van der Waals surface area contributed by atoms with Crippen molar-refractivity contribution in [2.75, 3.05) is 25.1 Å². The lowest BCUT2D eigenvalue weighted by Gasteiger charge is -2.47. The molecule has 0 saturated carbocycles. The van der Waals surface area contributed by atoms with E-state index in [4.69, 9.17) is 9.47 Å². The van der Waals surface area contributed by atoms with Crippen molar-refractivity contribution in [3.63, 3.8) is 0 Å². The van der Waals surface area contributed by atoms with Crippen LogP contribution < -0.4 is 9.64 Å². The summed E-state index contributed by atoms with van der Waals surface area (Å²) in [6, 6.07) is 2.41. The average molecular weight is 333 g/mol. The molecular weight excluding hydrogens is 321 g/mol. The van der Waals surface area contributed by atoms with Crippen LogP contribution in [0.3, 0.4) is 0 Å². The van der Waals surface area contributed by atoms with Gasteiger partial charge in [-0.1, -0.05) is 0 Å². The molecule has 0 aliphatic carbocycles. The molecule has 2 atom stereocenters. The van der Waals surface area contributed by atoms with Crippen LogP contribution >= 0.6 is 22.6 Å². The minimum atomic E-state index is 0.386. The van der Waals surface area contributed by atoms with Crippen molar-refractivity contribution in [3.05, 3.63) is 9.77 Å². The van der Waals surface area contributed by atoms with Crippen molar-refractivity contribution >= 4 is 28.4 Å². The van der Waals surface area contributed by atoms with E-state index in [-0.39, 0.29) is 0 Å². The minimum Gasteiger partial charge on any atom is -0.467 e. The Balaban J connectivity index is 1.85. The molecule has 0 radical (unpaired) electrons. The zero-order valence-electron chi connectivity index (χ0n) is 8.89. The summed E-state index contributed by atoms with van der Waals surface area (Å²) in [5.74, 6) is 0.939. The summed E-state index contributed by atoms with van der Waals surface area (Å²) in [6.07, 6.45) is 1.96. The second-order valence-electron chi connectivity index (χ2n) is 4.06. The van der Waals surface area contributed by atoms with Crippen LogP contribution in [0, 0.1) is 3.70 Å².